The van der Waals surface area contributed by atoms with Crippen LogP contribution in [-0.2, 0) is 0 Å². The van der Waals surface area contributed by atoms with Crippen molar-refractivity contribution < 1.29 is 4.39 Å². The van der Waals surface area contributed by atoms with Crippen molar-refractivity contribution in [1.82, 2.24) is 14.5 Å². The van der Waals surface area contributed by atoms with Gasteiger partial charge >= 0.3 is 0 Å². The summed E-state index contributed by atoms with van der Waals surface area (Å²) in [5, 5.41) is 0.520. The van der Waals surface area contributed by atoms with Crippen molar-refractivity contribution in [2.24, 2.45) is 0 Å². The smallest absolute Gasteiger partial charge is 0.184 e. The van der Waals surface area contributed by atoms with Gasteiger partial charge in [-0.15, -0.1) is 0 Å². The lowest BCUT2D eigenvalue weighted by atomic mass is 10.2. The van der Waals surface area contributed by atoms with E-state index in [9.17, 15) is 4.39 Å². The van der Waals surface area contributed by atoms with Crippen molar-refractivity contribution in [3.05, 3.63) is 51.6 Å². The molecule has 0 unspecified atom stereocenters. The Kier molecular flexibility index (Phi) is 2.88. The SMILES string of the molecule is Cc1c(F)cccc1-n1c(=S)[nH]c2cc(Cl)cnc21. The molecule has 0 spiro atoms. The summed E-state index contributed by atoms with van der Waals surface area (Å²) in [5.74, 6) is -0.275. The molecule has 0 aliphatic carbocycles. The monoisotopic (exact) mass is 293 g/mol. The molecule has 19 heavy (non-hydrogen) atoms. The first-order valence-electron chi connectivity index (χ1n) is 5.59. The lowest BCUT2D eigenvalue weighted by Crippen LogP contribution is -2.00. The van der Waals surface area contributed by atoms with E-state index in [0.717, 1.165) is 5.52 Å². The number of rotatable bonds is 1. The van der Waals surface area contributed by atoms with Crippen LogP contribution in [0.5, 0.6) is 0 Å². The molecule has 0 saturated carbocycles. The quantitative estimate of drug-likeness (QED) is 0.683. The summed E-state index contributed by atoms with van der Waals surface area (Å²) in [5.41, 5.74) is 2.55. The molecule has 6 heteroatoms. The molecule has 1 aromatic carbocycles. The maximum atomic E-state index is 13.7. The van der Waals surface area contributed by atoms with Crippen molar-refractivity contribution in [2.75, 3.05) is 0 Å². The Balaban J connectivity index is 2.40. The van der Waals surface area contributed by atoms with Crippen LogP contribution in [-0.4, -0.2) is 14.5 Å². The number of aromatic nitrogens is 3. The fourth-order valence-corrected chi connectivity index (χ4v) is 2.48. The Morgan fingerprint density at radius 1 is 1.42 bits per heavy atom. The third-order valence-electron chi connectivity index (χ3n) is 2.97. The number of hydrogen-bond acceptors (Lipinski definition) is 2. The van der Waals surface area contributed by atoms with Gasteiger partial charge < -0.3 is 4.98 Å². The highest BCUT2D eigenvalue weighted by molar-refractivity contribution is 7.71. The molecule has 0 fully saturated rings. The molecule has 3 rings (SSSR count). The number of imidazole rings is 1. The largest absolute Gasteiger partial charge is 0.329 e. The van der Waals surface area contributed by atoms with E-state index in [2.05, 4.69) is 9.97 Å². The van der Waals surface area contributed by atoms with Gasteiger partial charge in [0.2, 0.25) is 0 Å². The van der Waals surface area contributed by atoms with E-state index in [1.807, 2.05) is 0 Å². The Morgan fingerprint density at radius 3 is 3.00 bits per heavy atom. The minimum Gasteiger partial charge on any atom is -0.329 e. The summed E-state index contributed by atoms with van der Waals surface area (Å²) in [6.07, 6.45) is 1.54. The summed E-state index contributed by atoms with van der Waals surface area (Å²) < 4.78 is 15.8. The van der Waals surface area contributed by atoms with Crippen LogP contribution in [0.15, 0.2) is 30.5 Å². The summed E-state index contributed by atoms with van der Waals surface area (Å²) in [6, 6.07) is 6.61. The van der Waals surface area contributed by atoms with Crippen LogP contribution < -0.4 is 0 Å². The minimum absolute atomic E-state index is 0.275. The number of halogens is 2. The maximum absolute atomic E-state index is 13.7. The van der Waals surface area contributed by atoms with E-state index in [1.54, 1.807) is 29.7 Å². The van der Waals surface area contributed by atoms with Crippen molar-refractivity contribution >= 4 is 35.0 Å². The molecule has 1 N–H and O–H groups in total. The van der Waals surface area contributed by atoms with E-state index >= 15 is 0 Å². The van der Waals surface area contributed by atoms with Gasteiger partial charge in [0.1, 0.15) is 5.82 Å². The molecule has 0 aliphatic heterocycles. The van der Waals surface area contributed by atoms with Crippen molar-refractivity contribution in [3.8, 4) is 5.69 Å². The van der Waals surface area contributed by atoms with Crippen LogP contribution >= 0.6 is 23.8 Å². The number of hydrogen-bond donors (Lipinski definition) is 1. The molecule has 0 amide bonds. The Bertz CT molecular complexity index is 838. The van der Waals surface area contributed by atoms with Crippen molar-refractivity contribution in [2.45, 2.75) is 6.92 Å². The number of H-pyrrole nitrogens is 1. The molecular weight excluding hydrogens is 285 g/mol. The van der Waals surface area contributed by atoms with Crippen molar-refractivity contribution in [1.29, 1.82) is 0 Å². The Morgan fingerprint density at radius 2 is 2.21 bits per heavy atom. The van der Waals surface area contributed by atoms with E-state index in [1.165, 1.54) is 12.3 Å². The zero-order chi connectivity index (χ0) is 13.6. The predicted molar refractivity (Wildman–Crippen MR) is 76.0 cm³/mol. The number of aromatic amines is 1. The lowest BCUT2D eigenvalue weighted by molar-refractivity contribution is 0.617. The number of nitrogens with one attached hydrogen (secondary N) is 1. The first kappa shape index (κ1) is 12.3. The van der Waals surface area contributed by atoms with Crippen LogP contribution in [0, 0.1) is 17.5 Å². The zero-order valence-corrected chi connectivity index (χ0v) is 11.5. The van der Waals surface area contributed by atoms with Crippen LogP contribution in [0.4, 0.5) is 4.39 Å². The highest BCUT2D eigenvalue weighted by atomic mass is 35.5. The molecule has 0 aliphatic rings. The summed E-state index contributed by atoms with van der Waals surface area (Å²) in [7, 11) is 0. The number of pyridine rings is 1. The van der Waals surface area contributed by atoms with Gasteiger partial charge in [-0.2, -0.15) is 0 Å². The fourth-order valence-electron chi connectivity index (χ4n) is 2.03. The Labute approximate surface area is 118 Å². The van der Waals surface area contributed by atoms with Crippen LogP contribution in [0.25, 0.3) is 16.9 Å². The lowest BCUT2D eigenvalue weighted by Gasteiger charge is -2.08. The second-order valence-electron chi connectivity index (χ2n) is 4.17. The molecular formula is C13H9ClFN3S. The van der Waals surface area contributed by atoms with E-state index < -0.39 is 0 Å². The van der Waals surface area contributed by atoms with Gasteiger partial charge in [0, 0.05) is 11.8 Å². The molecule has 96 valence electrons. The maximum Gasteiger partial charge on any atom is 0.184 e. The van der Waals surface area contributed by atoms with Gasteiger partial charge in [0.25, 0.3) is 0 Å². The molecule has 0 radical (unpaired) electrons. The first-order chi connectivity index (χ1) is 9.08. The average molecular weight is 294 g/mol. The first-order valence-corrected chi connectivity index (χ1v) is 6.38. The van der Waals surface area contributed by atoms with E-state index in [0.29, 0.717) is 26.7 Å². The normalized spacial score (nSPS) is 11.1. The van der Waals surface area contributed by atoms with Gasteiger partial charge in [-0.1, -0.05) is 17.7 Å². The third kappa shape index (κ3) is 1.95. The fraction of sp³-hybridized carbons (Fsp3) is 0.0769. The number of benzene rings is 1. The zero-order valence-electron chi connectivity index (χ0n) is 9.95. The molecule has 0 atom stereocenters. The number of fused-ring (bicyclic) bond motifs is 1. The highest BCUT2D eigenvalue weighted by Crippen LogP contribution is 2.23. The third-order valence-corrected chi connectivity index (χ3v) is 3.46. The van der Waals surface area contributed by atoms with Gasteiger partial charge in [0.05, 0.1) is 16.2 Å². The van der Waals surface area contributed by atoms with Crippen molar-refractivity contribution in [3.63, 3.8) is 0 Å². The van der Waals surface area contributed by atoms with Gasteiger partial charge in [-0.3, -0.25) is 4.57 Å². The van der Waals surface area contributed by atoms with Gasteiger partial charge in [0.15, 0.2) is 10.4 Å². The van der Waals surface area contributed by atoms with Crippen LogP contribution in [0.2, 0.25) is 5.02 Å². The summed E-state index contributed by atoms with van der Waals surface area (Å²) in [6.45, 7) is 1.71. The standard InChI is InChI=1S/C13H9ClFN3S/c1-7-9(15)3-2-4-11(7)18-12-10(17-13(18)19)5-8(14)6-16-12/h2-6H,1H3,(H,17,19). The van der Waals surface area contributed by atoms with E-state index in [4.69, 9.17) is 23.8 Å². The topological polar surface area (TPSA) is 33.6 Å². The minimum atomic E-state index is -0.275. The molecule has 2 heterocycles. The molecule has 3 aromatic rings. The molecule has 3 nitrogen and oxygen atoms in total. The Hall–Kier alpha value is -1.72. The van der Waals surface area contributed by atoms with Crippen LogP contribution in [0.1, 0.15) is 5.56 Å². The van der Waals surface area contributed by atoms with Gasteiger partial charge in [-0.05, 0) is 37.3 Å². The summed E-state index contributed by atoms with van der Waals surface area (Å²) in [4.78, 5) is 7.28. The number of nitrogens with zero attached hydrogens (tertiary/aromatic N) is 2. The summed E-state index contributed by atoms with van der Waals surface area (Å²) >= 11 is 11.2. The molecule has 0 saturated heterocycles. The predicted octanol–water partition coefficient (Wildman–Crippen LogP) is 4.18. The van der Waals surface area contributed by atoms with Crippen LogP contribution in [0.3, 0.4) is 0 Å². The van der Waals surface area contributed by atoms with Gasteiger partial charge in [-0.25, -0.2) is 9.37 Å². The average Bonchev–Trinajstić information content (AvgIpc) is 2.68. The highest BCUT2D eigenvalue weighted by Gasteiger charge is 2.12. The van der Waals surface area contributed by atoms with E-state index in [-0.39, 0.29) is 5.82 Å². The second kappa shape index (κ2) is 4.43. The second-order valence-corrected chi connectivity index (χ2v) is 5.00. The molecule has 0 bridgehead atoms. The molecule has 2 aromatic heterocycles.